The second-order valence-corrected chi connectivity index (χ2v) is 14.0. The molecule has 0 unspecified atom stereocenters. The van der Waals surface area contributed by atoms with Crippen molar-refractivity contribution < 1.29 is 0 Å². The molecular weight excluding hydrogens is 559 g/mol. The second-order valence-electron chi connectivity index (χ2n) is 14.0. The Morgan fingerprint density at radius 1 is 0.652 bits per heavy atom. The maximum atomic E-state index is 5.10. The van der Waals surface area contributed by atoms with Crippen LogP contribution in [0.2, 0.25) is 12.6 Å². The van der Waals surface area contributed by atoms with Gasteiger partial charge in [-0.25, -0.2) is 15.0 Å². The van der Waals surface area contributed by atoms with E-state index in [4.69, 9.17) is 15.0 Å². The molecule has 0 saturated carbocycles. The van der Waals surface area contributed by atoms with Gasteiger partial charge in [-0.3, -0.25) is 0 Å². The van der Waals surface area contributed by atoms with E-state index in [9.17, 15) is 0 Å². The zero-order valence-electron chi connectivity index (χ0n) is 28.1. The van der Waals surface area contributed by atoms with Crippen molar-refractivity contribution in [3.05, 3.63) is 115 Å². The summed E-state index contributed by atoms with van der Waals surface area (Å²) >= 11 is 0. The lowest BCUT2D eigenvalue weighted by Gasteiger charge is -2.35. The molecule has 0 amide bonds. The first kappa shape index (κ1) is 31.5. The molecule has 0 aliphatic carbocycles. The molecule has 6 rings (SSSR count). The maximum absolute atomic E-state index is 5.10. The molecule has 4 nitrogen and oxygen atoms in total. The van der Waals surface area contributed by atoms with E-state index in [1.54, 1.807) is 0 Å². The van der Waals surface area contributed by atoms with Crippen molar-refractivity contribution in [2.24, 2.45) is 10.8 Å². The van der Waals surface area contributed by atoms with Gasteiger partial charge >= 0.3 is 0 Å². The SMILES string of the molecule is CCC/C=C(\NC)c1ccc(-c2cc(B3CC(C)(C)C(C)(C)C3)cc(-c3nc(-c4ccccc4)nc(-c4ccccc4)n3)c2)cc1. The zero-order chi connectivity index (χ0) is 32.3. The fourth-order valence-corrected chi connectivity index (χ4v) is 6.71. The average Bonchev–Trinajstić information content (AvgIpc) is 3.31. The van der Waals surface area contributed by atoms with E-state index in [0.29, 0.717) is 24.2 Å². The van der Waals surface area contributed by atoms with Crippen LogP contribution in [0.25, 0.3) is 51.0 Å². The Bertz CT molecular complexity index is 1750. The smallest absolute Gasteiger partial charge is 0.177 e. The lowest BCUT2D eigenvalue weighted by atomic mass is 9.42. The summed E-state index contributed by atoms with van der Waals surface area (Å²) in [7, 11) is 2.00. The summed E-state index contributed by atoms with van der Waals surface area (Å²) in [5.74, 6) is 2.06. The molecule has 0 radical (unpaired) electrons. The second kappa shape index (κ2) is 13.1. The summed E-state index contributed by atoms with van der Waals surface area (Å²) in [5.41, 5.74) is 9.58. The number of hydrogen-bond donors (Lipinski definition) is 1. The summed E-state index contributed by atoms with van der Waals surface area (Å²) < 4.78 is 0. The molecule has 5 heteroatoms. The first-order chi connectivity index (χ1) is 22.2. The first-order valence-corrected chi connectivity index (χ1v) is 16.7. The molecule has 4 aromatic carbocycles. The van der Waals surface area contributed by atoms with Crippen molar-refractivity contribution in [3.63, 3.8) is 0 Å². The Labute approximate surface area is 275 Å². The van der Waals surface area contributed by atoms with Crippen LogP contribution in [0, 0.1) is 10.8 Å². The van der Waals surface area contributed by atoms with Gasteiger partial charge in [-0.15, -0.1) is 0 Å². The minimum atomic E-state index is 0.248. The van der Waals surface area contributed by atoms with E-state index < -0.39 is 0 Å². The lowest BCUT2D eigenvalue weighted by molar-refractivity contribution is 0.177. The lowest BCUT2D eigenvalue weighted by Crippen LogP contribution is -2.28. The quantitative estimate of drug-likeness (QED) is 0.170. The highest BCUT2D eigenvalue weighted by atomic mass is 15.0. The van der Waals surface area contributed by atoms with Crippen LogP contribution in [-0.4, -0.2) is 28.7 Å². The Balaban J connectivity index is 1.50. The Hall–Kier alpha value is -4.51. The van der Waals surface area contributed by atoms with E-state index in [1.165, 1.54) is 27.9 Å². The summed E-state index contributed by atoms with van der Waals surface area (Å²) in [4.78, 5) is 15.1. The highest BCUT2D eigenvalue weighted by Crippen LogP contribution is 2.52. The largest absolute Gasteiger partial charge is 0.388 e. The van der Waals surface area contributed by atoms with Crippen LogP contribution in [-0.2, 0) is 0 Å². The average molecular weight is 605 g/mol. The molecular formula is C41H45BN4. The molecule has 1 aromatic heterocycles. The molecule has 2 heterocycles. The minimum absolute atomic E-state index is 0.248. The third kappa shape index (κ3) is 6.55. The monoisotopic (exact) mass is 604 g/mol. The molecule has 0 spiro atoms. The molecule has 0 bridgehead atoms. The van der Waals surface area contributed by atoms with Crippen LogP contribution < -0.4 is 10.8 Å². The van der Waals surface area contributed by atoms with Crippen molar-refractivity contribution >= 4 is 17.9 Å². The molecule has 232 valence electrons. The zero-order valence-corrected chi connectivity index (χ0v) is 28.1. The molecule has 46 heavy (non-hydrogen) atoms. The fraction of sp³-hybridized carbons (Fsp3) is 0.293. The molecule has 1 saturated heterocycles. The predicted octanol–water partition coefficient (Wildman–Crippen LogP) is 9.67. The number of nitrogens with one attached hydrogen (secondary N) is 1. The van der Waals surface area contributed by atoms with Crippen LogP contribution in [0.5, 0.6) is 0 Å². The van der Waals surface area contributed by atoms with Crippen LogP contribution in [0.15, 0.2) is 109 Å². The Morgan fingerprint density at radius 2 is 1.15 bits per heavy atom. The number of allylic oxidation sites excluding steroid dienone is 1. The number of unbranched alkanes of at least 4 members (excludes halogenated alkanes) is 1. The molecule has 5 aromatic rings. The van der Waals surface area contributed by atoms with E-state index >= 15 is 0 Å². The van der Waals surface area contributed by atoms with Gasteiger partial charge in [-0.2, -0.15) is 0 Å². The summed E-state index contributed by atoms with van der Waals surface area (Å²) in [6.07, 6.45) is 6.77. The number of nitrogens with zero attached hydrogens (tertiary/aromatic N) is 3. The predicted molar refractivity (Wildman–Crippen MR) is 196 cm³/mol. The van der Waals surface area contributed by atoms with Gasteiger partial charge in [-0.05, 0) is 40.0 Å². The van der Waals surface area contributed by atoms with E-state index in [1.807, 2.05) is 43.4 Å². The van der Waals surface area contributed by atoms with Crippen molar-refractivity contribution in [1.82, 2.24) is 20.3 Å². The van der Waals surface area contributed by atoms with E-state index in [0.717, 1.165) is 42.2 Å². The highest BCUT2D eigenvalue weighted by Gasteiger charge is 2.48. The van der Waals surface area contributed by atoms with E-state index in [-0.39, 0.29) is 10.8 Å². The Morgan fingerprint density at radius 3 is 1.65 bits per heavy atom. The van der Waals surface area contributed by atoms with Gasteiger partial charge in [0, 0.05) is 29.4 Å². The first-order valence-electron chi connectivity index (χ1n) is 16.7. The molecule has 1 aliphatic heterocycles. The minimum Gasteiger partial charge on any atom is -0.388 e. The van der Waals surface area contributed by atoms with Crippen LogP contribution >= 0.6 is 0 Å². The molecule has 1 aliphatic rings. The number of hydrogen-bond acceptors (Lipinski definition) is 4. The van der Waals surface area contributed by atoms with Crippen molar-refractivity contribution in [2.45, 2.75) is 60.1 Å². The maximum Gasteiger partial charge on any atom is 0.177 e. The summed E-state index contributed by atoms with van der Waals surface area (Å²) in [6, 6.07) is 36.4. The molecule has 1 N–H and O–H groups in total. The third-order valence-corrected chi connectivity index (χ3v) is 10.2. The number of benzene rings is 4. The van der Waals surface area contributed by atoms with Gasteiger partial charge in [0.2, 0.25) is 0 Å². The highest BCUT2D eigenvalue weighted by molar-refractivity contribution is 6.74. The topological polar surface area (TPSA) is 50.7 Å². The van der Waals surface area contributed by atoms with E-state index in [2.05, 4.69) is 113 Å². The Kier molecular flexibility index (Phi) is 8.95. The van der Waals surface area contributed by atoms with Crippen LogP contribution in [0.1, 0.15) is 53.0 Å². The van der Waals surface area contributed by atoms with Gasteiger partial charge in [0.1, 0.15) is 0 Å². The summed E-state index contributed by atoms with van der Waals surface area (Å²) in [5, 5.41) is 3.38. The van der Waals surface area contributed by atoms with Gasteiger partial charge < -0.3 is 5.32 Å². The standard InChI is InChI=1S/C41H45BN4/c1-7-8-19-36(43-6)30-22-20-29(21-23-30)33-24-34(26-35(25-33)42-27-40(2,3)41(4,5)28-42)39-45-37(31-15-11-9-12-16-31)44-38(46-39)32-17-13-10-14-18-32/h9-26,43H,7-8,27-28H2,1-6H3/b36-19-. The molecule has 0 atom stereocenters. The number of rotatable bonds is 9. The van der Waals surface area contributed by atoms with Crippen molar-refractivity contribution in [1.29, 1.82) is 0 Å². The van der Waals surface area contributed by atoms with Gasteiger partial charge in [0.25, 0.3) is 0 Å². The fourth-order valence-electron chi connectivity index (χ4n) is 6.71. The molecule has 1 fully saturated rings. The third-order valence-electron chi connectivity index (χ3n) is 10.2. The van der Waals surface area contributed by atoms with Crippen LogP contribution in [0.3, 0.4) is 0 Å². The normalized spacial score (nSPS) is 15.6. The van der Waals surface area contributed by atoms with Gasteiger partial charge in [0.15, 0.2) is 24.2 Å². The van der Waals surface area contributed by atoms with Gasteiger partial charge in [-0.1, -0.05) is 162 Å². The van der Waals surface area contributed by atoms with Crippen molar-refractivity contribution in [3.8, 4) is 45.3 Å². The number of aromatic nitrogens is 3. The van der Waals surface area contributed by atoms with Crippen molar-refractivity contribution in [2.75, 3.05) is 7.05 Å². The van der Waals surface area contributed by atoms with Crippen LogP contribution in [0.4, 0.5) is 0 Å². The van der Waals surface area contributed by atoms with Gasteiger partial charge in [0.05, 0.1) is 0 Å². The summed E-state index contributed by atoms with van der Waals surface area (Å²) in [6.45, 7) is 12.4.